The van der Waals surface area contributed by atoms with Crippen molar-refractivity contribution in [2.75, 3.05) is 31.3 Å². The average molecular weight is 280 g/mol. The summed E-state index contributed by atoms with van der Waals surface area (Å²) in [6.07, 6.45) is 1.71. The van der Waals surface area contributed by atoms with Gasteiger partial charge in [-0.05, 0) is 18.2 Å². The van der Waals surface area contributed by atoms with Gasteiger partial charge in [0, 0.05) is 11.6 Å². The number of fused-ring (bicyclic) bond motifs is 1. The van der Waals surface area contributed by atoms with Crippen LogP contribution in [-0.2, 0) is 4.74 Å². The molecule has 0 bridgehead atoms. The Balaban J connectivity index is 1.97. The SMILES string of the molecule is OC[C@@H]1COCCN1c1cnc2cc(Cl)ccc2n1. The molecule has 0 aliphatic carbocycles. The first-order valence-electron chi connectivity index (χ1n) is 6.15. The van der Waals surface area contributed by atoms with Crippen LogP contribution in [0.2, 0.25) is 5.02 Å². The van der Waals surface area contributed by atoms with Crippen molar-refractivity contribution in [2.24, 2.45) is 0 Å². The smallest absolute Gasteiger partial charge is 0.148 e. The quantitative estimate of drug-likeness (QED) is 0.902. The van der Waals surface area contributed by atoms with Crippen LogP contribution in [0.5, 0.6) is 0 Å². The van der Waals surface area contributed by atoms with E-state index in [2.05, 4.69) is 9.97 Å². The highest BCUT2D eigenvalue weighted by Gasteiger charge is 2.23. The molecule has 0 saturated carbocycles. The van der Waals surface area contributed by atoms with Gasteiger partial charge in [0.25, 0.3) is 0 Å². The number of benzene rings is 1. The summed E-state index contributed by atoms with van der Waals surface area (Å²) < 4.78 is 5.36. The van der Waals surface area contributed by atoms with Crippen LogP contribution in [0.15, 0.2) is 24.4 Å². The minimum absolute atomic E-state index is 0.0420. The number of hydrogen-bond acceptors (Lipinski definition) is 5. The Labute approximate surface area is 115 Å². The maximum absolute atomic E-state index is 9.39. The van der Waals surface area contributed by atoms with Crippen molar-refractivity contribution >= 4 is 28.5 Å². The summed E-state index contributed by atoms with van der Waals surface area (Å²) in [6.45, 7) is 1.90. The van der Waals surface area contributed by atoms with E-state index in [0.717, 1.165) is 16.9 Å². The fraction of sp³-hybridized carbons (Fsp3) is 0.385. The van der Waals surface area contributed by atoms with Gasteiger partial charge in [-0.2, -0.15) is 0 Å². The number of aliphatic hydroxyl groups excluding tert-OH is 1. The lowest BCUT2D eigenvalue weighted by Gasteiger charge is -2.35. The largest absolute Gasteiger partial charge is 0.394 e. The first-order chi connectivity index (χ1) is 9.28. The van der Waals surface area contributed by atoms with Crippen LogP contribution in [0.1, 0.15) is 0 Å². The molecule has 1 fully saturated rings. The molecule has 0 radical (unpaired) electrons. The molecule has 2 heterocycles. The predicted octanol–water partition coefficient (Wildman–Crippen LogP) is 1.48. The van der Waals surface area contributed by atoms with Crippen LogP contribution in [0, 0.1) is 0 Å². The van der Waals surface area contributed by atoms with Crippen molar-refractivity contribution in [3.05, 3.63) is 29.4 Å². The molecule has 2 aromatic rings. The third-order valence-corrected chi connectivity index (χ3v) is 3.46. The number of ether oxygens (including phenoxy) is 1. The Kier molecular flexibility index (Phi) is 3.50. The van der Waals surface area contributed by atoms with Crippen molar-refractivity contribution < 1.29 is 9.84 Å². The van der Waals surface area contributed by atoms with Gasteiger partial charge in [0.15, 0.2) is 0 Å². The molecule has 1 atom stereocenters. The molecular formula is C13H14ClN3O2. The fourth-order valence-corrected chi connectivity index (χ4v) is 2.39. The summed E-state index contributed by atoms with van der Waals surface area (Å²) in [4.78, 5) is 11.0. The molecule has 0 spiro atoms. The normalized spacial score (nSPS) is 19.9. The topological polar surface area (TPSA) is 58.5 Å². The monoisotopic (exact) mass is 279 g/mol. The minimum Gasteiger partial charge on any atom is -0.394 e. The molecule has 3 rings (SSSR count). The number of anilines is 1. The molecule has 0 unspecified atom stereocenters. The molecule has 1 aromatic carbocycles. The number of nitrogens with zero attached hydrogens (tertiary/aromatic N) is 3. The van der Waals surface area contributed by atoms with Gasteiger partial charge in [-0.25, -0.2) is 4.98 Å². The van der Waals surface area contributed by atoms with Gasteiger partial charge >= 0.3 is 0 Å². The van der Waals surface area contributed by atoms with Crippen LogP contribution in [0.4, 0.5) is 5.82 Å². The van der Waals surface area contributed by atoms with Crippen LogP contribution < -0.4 is 4.90 Å². The Morgan fingerprint density at radius 1 is 1.42 bits per heavy atom. The molecule has 1 aliphatic heterocycles. The van der Waals surface area contributed by atoms with Crippen molar-refractivity contribution in [3.63, 3.8) is 0 Å². The number of aliphatic hydroxyl groups is 1. The van der Waals surface area contributed by atoms with Gasteiger partial charge in [0.1, 0.15) is 5.82 Å². The van der Waals surface area contributed by atoms with Crippen molar-refractivity contribution in [3.8, 4) is 0 Å². The number of hydrogen-bond donors (Lipinski definition) is 1. The molecule has 19 heavy (non-hydrogen) atoms. The van der Waals surface area contributed by atoms with E-state index in [1.54, 1.807) is 18.3 Å². The summed E-state index contributed by atoms with van der Waals surface area (Å²) >= 11 is 5.92. The standard InChI is InChI=1S/C13H14ClN3O2/c14-9-1-2-11-12(5-9)15-6-13(16-11)17-3-4-19-8-10(17)7-18/h1-2,5-6,10,18H,3-4,7-8H2/t10-/m1/s1. The maximum Gasteiger partial charge on any atom is 0.148 e. The predicted molar refractivity (Wildman–Crippen MR) is 73.6 cm³/mol. The van der Waals surface area contributed by atoms with Gasteiger partial charge in [-0.1, -0.05) is 11.6 Å². The molecular weight excluding hydrogens is 266 g/mol. The third kappa shape index (κ3) is 2.49. The lowest BCUT2D eigenvalue weighted by atomic mass is 10.2. The second-order valence-electron chi connectivity index (χ2n) is 4.47. The molecule has 6 heteroatoms. The van der Waals surface area contributed by atoms with Crippen molar-refractivity contribution in [2.45, 2.75) is 6.04 Å². The van der Waals surface area contributed by atoms with E-state index < -0.39 is 0 Å². The van der Waals surface area contributed by atoms with E-state index in [-0.39, 0.29) is 12.6 Å². The Morgan fingerprint density at radius 3 is 3.16 bits per heavy atom. The number of halogens is 1. The van der Waals surface area contributed by atoms with Crippen LogP contribution in [0.25, 0.3) is 11.0 Å². The minimum atomic E-state index is -0.0622. The zero-order valence-corrected chi connectivity index (χ0v) is 11.0. The number of rotatable bonds is 2. The fourth-order valence-electron chi connectivity index (χ4n) is 2.22. The van der Waals surface area contributed by atoms with Gasteiger partial charge < -0.3 is 14.7 Å². The molecule has 1 saturated heterocycles. The van der Waals surface area contributed by atoms with Gasteiger partial charge in [0.2, 0.25) is 0 Å². The third-order valence-electron chi connectivity index (χ3n) is 3.22. The van der Waals surface area contributed by atoms with E-state index >= 15 is 0 Å². The zero-order valence-electron chi connectivity index (χ0n) is 10.3. The summed E-state index contributed by atoms with van der Waals surface area (Å²) in [6, 6.07) is 5.37. The highest BCUT2D eigenvalue weighted by Crippen LogP contribution is 2.21. The highest BCUT2D eigenvalue weighted by molar-refractivity contribution is 6.31. The molecule has 100 valence electrons. The average Bonchev–Trinajstić information content (AvgIpc) is 2.46. The summed E-state index contributed by atoms with van der Waals surface area (Å²) in [5.74, 6) is 0.761. The van der Waals surface area contributed by atoms with Crippen LogP contribution in [-0.4, -0.2) is 47.5 Å². The van der Waals surface area contributed by atoms with Crippen molar-refractivity contribution in [1.29, 1.82) is 0 Å². The van der Waals surface area contributed by atoms with E-state index in [1.165, 1.54) is 0 Å². The van der Waals surface area contributed by atoms with Gasteiger partial charge in [0.05, 0.1) is 43.1 Å². The highest BCUT2D eigenvalue weighted by atomic mass is 35.5. The second kappa shape index (κ2) is 5.28. The van der Waals surface area contributed by atoms with Gasteiger partial charge in [-0.15, -0.1) is 0 Å². The maximum atomic E-state index is 9.39. The molecule has 1 aromatic heterocycles. The Morgan fingerprint density at radius 2 is 2.32 bits per heavy atom. The molecule has 5 nitrogen and oxygen atoms in total. The van der Waals surface area contributed by atoms with E-state index in [0.29, 0.717) is 24.8 Å². The van der Waals surface area contributed by atoms with Gasteiger partial charge in [-0.3, -0.25) is 4.98 Å². The van der Waals surface area contributed by atoms with E-state index in [1.807, 2.05) is 11.0 Å². The Bertz CT molecular complexity index is 593. The first kappa shape index (κ1) is 12.6. The number of aromatic nitrogens is 2. The lowest BCUT2D eigenvalue weighted by molar-refractivity contribution is 0.0723. The second-order valence-corrected chi connectivity index (χ2v) is 4.90. The lowest BCUT2D eigenvalue weighted by Crippen LogP contribution is -2.48. The van der Waals surface area contributed by atoms with Crippen molar-refractivity contribution in [1.82, 2.24) is 9.97 Å². The van der Waals surface area contributed by atoms with Crippen LogP contribution >= 0.6 is 11.6 Å². The zero-order chi connectivity index (χ0) is 13.2. The Hall–Kier alpha value is -1.43. The number of morpholine rings is 1. The van der Waals surface area contributed by atoms with E-state index in [4.69, 9.17) is 16.3 Å². The van der Waals surface area contributed by atoms with E-state index in [9.17, 15) is 5.11 Å². The summed E-state index contributed by atoms with van der Waals surface area (Å²) in [5, 5.41) is 10.0. The summed E-state index contributed by atoms with van der Waals surface area (Å²) in [7, 11) is 0. The van der Waals surface area contributed by atoms with Crippen LogP contribution in [0.3, 0.4) is 0 Å². The molecule has 0 amide bonds. The molecule has 1 aliphatic rings. The molecule has 1 N–H and O–H groups in total. The summed E-state index contributed by atoms with van der Waals surface area (Å²) in [5.41, 5.74) is 1.56. The first-order valence-corrected chi connectivity index (χ1v) is 6.53.